The highest BCUT2D eigenvalue weighted by molar-refractivity contribution is 6.00. The van der Waals surface area contributed by atoms with Gasteiger partial charge in [-0.15, -0.1) is 0 Å². The van der Waals surface area contributed by atoms with Crippen molar-refractivity contribution in [1.29, 1.82) is 0 Å². The van der Waals surface area contributed by atoms with Gasteiger partial charge >= 0.3 is 5.97 Å². The number of carboxylic acid groups (broad SMARTS) is 1. The number of hydrogen-bond acceptors (Lipinski definition) is 5. The second-order valence-corrected chi connectivity index (χ2v) is 13.7. The highest BCUT2D eigenvalue weighted by Gasteiger charge is 2.69. The molecule has 0 amide bonds. The Bertz CT molecular complexity index is 1010. The minimum Gasteiger partial charge on any atom is -0.478 e. The maximum atomic E-state index is 14.1. The van der Waals surface area contributed by atoms with E-state index < -0.39 is 45.9 Å². The number of aliphatic carboxylic acids is 1. The van der Waals surface area contributed by atoms with Crippen molar-refractivity contribution < 1.29 is 30.0 Å². The molecule has 202 valence electrons. The van der Waals surface area contributed by atoms with E-state index in [1.807, 2.05) is 0 Å². The first kappa shape index (κ1) is 27.5. The first-order valence-corrected chi connectivity index (χ1v) is 13.8. The average molecular weight is 503 g/mol. The van der Waals surface area contributed by atoms with Crippen molar-refractivity contribution >= 4 is 11.8 Å². The number of hydrogen-bond donors (Lipinski definition) is 4. The van der Waals surface area contributed by atoms with Gasteiger partial charge in [-0.05, 0) is 85.0 Å². The van der Waals surface area contributed by atoms with E-state index in [-0.39, 0.29) is 23.5 Å². The monoisotopic (exact) mass is 502 g/mol. The van der Waals surface area contributed by atoms with Gasteiger partial charge in [0.15, 0.2) is 5.78 Å². The Morgan fingerprint density at radius 1 is 1.08 bits per heavy atom. The van der Waals surface area contributed by atoms with Crippen LogP contribution in [0.3, 0.4) is 0 Å². The number of fused-ring (bicyclic) bond motifs is 4. The summed E-state index contributed by atoms with van der Waals surface area (Å²) in [6.45, 7) is 14.2. The van der Waals surface area contributed by atoms with Crippen molar-refractivity contribution in [3.05, 3.63) is 22.8 Å². The molecule has 4 aliphatic carbocycles. The molecule has 0 bridgehead atoms. The molecule has 2 saturated carbocycles. The summed E-state index contributed by atoms with van der Waals surface area (Å²) in [4.78, 5) is 25.2. The number of carboxylic acids is 1. The molecule has 0 aromatic rings. The lowest BCUT2D eigenvalue weighted by molar-refractivity contribution is -0.140. The molecule has 6 heteroatoms. The molecule has 4 rings (SSSR count). The van der Waals surface area contributed by atoms with Gasteiger partial charge in [0, 0.05) is 23.0 Å². The average Bonchev–Trinajstić information content (AvgIpc) is 2.99. The van der Waals surface area contributed by atoms with Gasteiger partial charge in [-0.1, -0.05) is 47.6 Å². The van der Waals surface area contributed by atoms with Crippen molar-refractivity contribution in [1.82, 2.24) is 0 Å². The van der Waals surface area contributed by atoms with Crippen LogP contribution in [0.1, 0.15) is 93.4 Å². The molecular formula is C30H46O6. The molecule has 0 aliphatic heterocycles. The fourth-order valence-corrected chi connectivity index (χ4v) is 9.23. The number of carbonyl (C=O) groups is 2. The van der Waals surface area contributed by atoms with Crippen LogP contribution >= 0.6 is 0 Å². The topological polar surface area (TPSA) is 115 Å². The fraction of sp³-hybridized carbons (Fsp3) is 0.800. The van der Waals surface area contributed by atoms with Crippen molar-refractivity contribution in [2.24, 2.45) is 39.4 Å². The zero-order valence-corrected chi connectivity index (χ0v) is 23.1. The van der Waals surface area contributed by atoms with E-state index in [4.69, 9.17) is 5.11 Å². The number of rotatable bonds is 5. The van der Waals surface area contributed by atoms with E-state index in [1.165, 1.54) is 0 Å². The lowest BCUT2D eigenvalue weighted by Crippen LogP contribution is -2.61. The lowest BCUT2D eigenvalue weighted by atomic mass is 9.42. The number of aliphatic hydroxyl groups excluding tert-OH is 3. The molecule has 0 aromatic carbocycles. The van der Waals surface area contributed by atoms with Crippen LogP contribution in [0.4, 0.5) is 0 Å². The first-order chi connectivity index (χ1) is 16.5. The second-order valence-electron chi connectivity index (χ2n) is 13.7. The summed E-state index contributed by atoms with van der Waals surface area (Å²) in [5.74, 6) is -0.566. The Labute approximate surface area is 215 Å². The molecule has 0 heterocycles. The maximum absolute atomic E-state index is 14.1. The third-order valence-electron chi connectivity index (χ3n) is 11.7. The summed E-state index contributed by atoms with van der Waals surface area (Å²) in [6, 6.07) is 0. The quantitative estimate of drug-likeness (QED) is 0.406. The summed E-state index contributed by atoms with van der Waals surface area (Å²) >= 11 is 0. The molecule has 4 aliphatic rings. The van der Waals surface area contributed by atoms with Crippen LogP contribution in [0.2, 0.25) is 0 Å². The molecule has 2 fully saturated rings. The molecule has 4 N–H and O–H groups in total. The van der Waals surface area contributed by atoms with E-state index in [2.05, 4.69) is 41.5 Å². The van der Waals surface area contributed by atoms with Crippen LogP contribution in [-0.4, -0.2) is 50.5 Å². The van der Waals surface area contributed by atoms with Crippen molar-refractivity contribution in [2.75, 3.05) is 0 Å². The summed E-state index contributed by atoms with van der Waals surface area (Å²) in [6.07, 6.45) is 3.95. The Morgan fingerprint density at radius 2 is 1.72 bits per heavy atom. The first-order valence-electron chi connectivity index (χ1n) is 13.8. The molecule has 0 unspecified atom stereocenters. The largest absolute Gasteiger partial charge is 0.478 e. The predicted molar refractivity (Wildman–Crippen MR) is 138 cm³/mol. The summed E-state index contributed by atoms with van der Waals surface area (Å²) in [5, 5.41) is 43.2. The Kier molecular flexibility index (Phi) is 6.71. The van der Waals surface area contributed by atoms with Crippen LogP contribution < -0.4 is 0 Å². The normalized spacial score (nSPS) is 45.1. The standard InChI is InChI=1S/C30H46O6/c1-16(9-8-10-17(2)26(35)36)18-13-23(34)30(7)25-19(31)14-21-27(3,4)22(33)11-12-28(21,5)24(25)20(32)15-29(18,30)6/h10,16,18-19,21-23,31,33-34H,8-9,11-15H2,1-7H3,(H,35,36)/b17-10+/t16-,18-,19+,21+,22+,23+,28+,29-,30+/m1/s1. The molecule has 6 nitrogen and oxygen atoms in total. The smallest absolute Gasteiger partial charge is 0.330 e. The van der Waals surface area contributed by atoms with Crippen molar-refractivity contribution in [3.8, 4) is 0 Å². The van der Waals surface area contributed by atoms with E-state index >= 15 is 0 Å². The van der Waals surface area contributed by atoms with E-state index in [1.54, 1.807) is 13.0 Å². The summed E-state index contributed by atoms with van der Waals surface area (Å²) < 4.78 is 0. The minimum absolute atomic E-state index is 0.0167. The van der Waals surface area contributed by atoms with Gasteiger partial charge in [0.05, 0.1) is 18.3 Å². The van der Waals surface area contributed by atoms with Crippen LogP contribution in [0.15, 0.2) is 22.8 Å². The molecule has 0 saturated heterocycles. The van der Waals surface area contributed by atoms with E-state index in [0.29, 0.717) is 44.1 Å². The zero-order valence-electron chi connectivity index (χ0n) is 23.1. The van der Waals surface area contributed by atoms with Gasteiger partial charge in [-0.2, -0.15) is 0 Å². The maximum Gasteiger partial charge on any atom is 0.330 e. The van der Waals surface area contributed by atoms with Gasteiger partial charge in [0.2, 0.25) is 0 Å². The SMILES string of the molecule is C/C(=C\CC[C@@H](C)[C@H]1C[C@H](O)[C@@]2(C)C3=C(C(=O)C[C@]12C)[C@@]1(C)CC[C@H](O)C(C)(C)[C@@H]1C[C@@H]3O)C(=O)O. The van der Waals surface area contributed by atoms with E-state index in [0.717, 1.165) is 17.6 Å². The second kappa shape index (κ2) is 8.78. The van der Waals surface area contributed by atoms with Crippen LogP contribution in [-0.2, 0) is 9.59 Å². The fourth-order valence-electron chi connectivity index (χ4n) is 9.23. The zero-order chi connectivity index (χ0) is 27.0. The molecule has 36 heavy (non-hydrogen) atoms. The van der Waals surface area contributed by atoms with Gasteiger partial charge in [0.1, 0.15) is 0 Å². The Hall–Kier alpha value is -1.50. The molecule has 9 atom stereocenters. The van der Waals surface area contributed by atoms with Gasteiger partial charge < -0.3 is 20.4 Å². The van der Waals surface area contributed by atoms with Crippen molar-refractivity contribution in [3.63, 3.8) is 0 Å². The third-order valence-corrected chi connectivity index (χ3v) is 11.7. The summed E-state index contributed by atoms with van der Waals surface area (Å²) in [5.41, 5.74) is -0.227. The number of Topliss-reactive ketones (excluding diaryl/α,β-unsaturated/α-hetero) is 1. The number of carbonyl (C=O) groups excluding carboxylic acids is 1. The summed E-state index contributed by atoms with van der Waals surface area (Å²) in [7, 11) is 0. The molecular weight excluding hydrogens is 456 g/mol. The number of allylic oxidation sites excluding steroid dienone is 2. The molecule has 0 spiro atoms. The highest BCUT2D eigenvalue weighted by atomic mass is 16.4. The van der Waals surface area contributed by atoms with Crippen molar-refractivity contribution in [2.45, 2.75) is 112 Å². The lowest BCUT2D eigenvalue weighted by Gasteiger charge is -2.62. The molecule has 0 radical (unpaired) electrons. The highest BCUT2D eigenvalue weighted by Crippen LogP contribution is 2.71. The third kappa shape index (κ3) is 3.61. The Morgan fingerprint density at radius 3 is 2.33 bits per heavy atom. The van der Waals surface area contributed by atoms with Gasteiger partial charge in [-0.25, -0.2) is 4.79 Å². The Balaban J connectivity index is 1.75. The van der Waals surface area contributed by atoms with Crippen LogP contribution in [0.25, 0.3) is 0 Å². The predicted octanol–water partition coefficient (Wildman–Crippen LogP) is 4.66. The van der Waals surface area contributed by atoms with E-state index in [9.17, 15) is 24.9 Å². The number of ketones is 1. The van der Waals surface area contributed by atoms with Crippen LogP contribution in [0, 0.1) is 39.4 Å². The van der Waals surface area contributed by atoms with Gasteiger partial charge in [-0.3, -0.25) is 4.79 Å². The van der Waals surface area contributed by atoms with Crippen LogP contribution in [0.5, 0.6) is 0 Å². The minimum atomic E-state index is -0.910. The van der Waals surface area contributed by atoms with Gasteiger partial charge in [0.25, 0.3) is 0 Å². The molecule has 0 aromatic heterocycles. The number of aliphatic hydroxyl groups is 3.